The Hall–Kier alpha value is -1.85. The molecule has 6 heteroatoms. The third-order valence-electron chi connectivity index (χ3n) is 1.97. The lowest BCUT2D eigenvalue weighted by atomic mass is 10.2. The van der Waals surface area contributed by atoms with Crippen LogP contribution in [-0.2, 0) is 4.74 Å². The number of methoxy groups -OCH3 is 2. The predicted octanol–water partition coefficient (Wildman–Crippen LogP) is 2.13. The molecule has 4 nitrogen and oxygen atoms in total. The smallest absolute Gasteiger partial charge is 0.342 e. The molecule has 0 fully saturated rings. The molecule has 0 aliphatic carbocycles. The van der Waals surface area contributed by atoms with E-state index in [1.54, 1.807) is 0 Å². The number of carbonyl (C=O) groups excluding carboxylic acids is 1. The number of ether oxygens (including phenoxy) is 3. The number of alkyl halides is 2. The van der Waals surface area contributed by atoms with Gasteiger partial charge in [-0.1, -0.05) is 0 Å². The molecule has 0 unspecified atom stereocenters. The number of carbonyl (C=O) groups is 1. The Morgan fingerprint density at radius 3 is 2.53 bits per heavy atom. The van der Waals surface area contributed by atoms with E-state index in [1.807, 2.05) is 0 Å². The van der Waals surface area contributed by atoms with Crippen molar-refractivity contribution in [1.82, 2.24) is 0 Å². The fraction of sp³-hybridized carbons (Fsp3) is 0.364. The van der Waals surface area contributed by atoms with Crippen LogP contribution < -0.4 is 9.47 Å². The molecule has 0 atom stereocenters. The van der Waals surface area contributed by atoms with Crippen LogP contribution in [0.3, 0.4) is 0 Å². The van der Waals surface area contributed by atoms with Gasteiger partial charge in [0.25, 0.3) is 6.43 Å². The SMILES string of the molecule is COc1ccc(C(=O)OCC(F)F)c(OC)c1. The molecule has 94 valence electrons. The van der Waals surface area contributed by atoms with Crippen LogP contribution in [0.4, 0.5) is 8.78 Å². The number of halogens is 2. The van der Waals surface area contributed by atoms with E-state index in [9.17, 15) is 13.6 Å². The first-order chi connectivity index (χ1) is 8.08. The minimum absolute atomic E-state index is 0.0777. The molecular formula is C11H12F2O4. The Bertz CT molecular complexity index is 393. The maximum atomic E-state index is 11.9. The van der Waals surface area contributed by atoms with Crippen LogP contribution in [0.2, 0.25) is 0 Å². The lowest BCUT2D eigenvalue weighted by Gasteiger charge is -2.09. The molecule has 0 aromatic heterocycles. The number of hydrogen-bond donors (Lipinski definition) is 0. The highest BCUT2D eigenvalue weighted by atomic mass is 19.3. The third kappa shape index (κ3) is 3.58. The highest BCUT2D eigenvalue weighted by Crippen LogP contribution is 2.25. The Morgan fingerprint density at radius 2 is 2.00 bits per heavy atom. The maximum absolute atomic E-state index is 11.9. The van der Waals surface area contributed by atoms with Gasteiger partial charge >= 0.3 is 5.97 Å². The highest BCUT2D eigenvalue weighted by molar-refractivity contribution is 5.92. The average molecular weight is 246 g/mol. The first-order valence-electron chi connectivity index (χ1n) is 4.75. The lowest BCUT2D eigenvalue weighted by molar-refractivity contribution is 0.0157. The van der Waals surface area contributed by atoms with Crippen molar-refractivity contribution < 1.29 is 27.8 Å². The third-order valence-corrected chi connectivity index (χ3v) is 1.97. The predicted molar refractivity (Wildman–Crippen MR) is 55.8 cm³/mol. The van der Waals surface area contributed by atoms with Gasteiger partial charge in [-0.15, -0.1) is 0 Å². The van der Waals surface area contributed by atoms with Gasteiger partial charge in [-0.2, -0.15) is 0 Å². The minimum atomic E-state index is -2.69. The van der Waals surface area contributed by atoms with Gasteiger partial charge in [0.05, 0.1) is 14.2 Å². The summed E-state index contributed by atoms with van der Waals surface area (Å²) in [5.41, 5.74) is 0.0777. The van der Waals surface area contributed by atoms with E-state index in [1.165, 1.54) is 32.4 Å². The van der Waals surface area contributed by atoms with E-state index < -0.39 is 19.0 Å². The Balaban J connectivity index is 2.85. The standard InChI is InChI=1S/C11H12F2O4/c1-15-7-3-4-8(9(5-7)16-2)11(14)17-6-10(12)13/h3-5,10H,6H2,1-2H3. The van der Waals surface area contributed by atoms with Gasteiger partial charge in [0.1, 0.15) is 17.1 Å². The number of rotatable bonds is 5. The van der Waals surface area contributed by atoms with Crippen LogP contribution in [0.1, 0.15) is 10.4 Å². The van der Waals surface area contributed by atoms with E-state index in [0.29, 0.717) is 5.75 Å². The molecule has 1 aromatic carbocycles. The summed E-state index contributed by atoms with van der Waals surface area (Å²) in [6, 6.07) is 4.38. The molecule has 1 aromatic rings. The van der Waals surface area contributed by atoms with E-state index in [4.69, 9.17) is 9.47 Å². The molecule has 0 N–H and O–H groups in total. The molecule has 0 saturated heterocycles. The number of esters is 1. The molecule has 0 spiro atoms. The molecular weight excluding hydrogens is 234 g/mol. The quantitative estimate of drug-likeness (QED) is 0.746. The van der Waals surface area contributed by atoms with Gasteiger partial charge in [0.2, 0.25) is 0 Å². The second kappa shape index (κ2) is 6.03. The molecule has 0 aliphatic rings. The normalized spacial score (nSPS) is 10.2. The lowest BCUT2D eigenvalue weighted by Crippen LogP contribution is -2.12. The van der Waals surface area contributed by atoms with Gasteiger partial charge in [0, 0.05) is 6.07 Å². The van der Waals surface area contributed by atoms with Gasteiger partial charge < -0.3 is 14.2 Å². The van der Waals surface area contributed by atoms with Gasteiger partial charge in [-0.25, -0.2) is 13.6 Å². The van der Waals surface area contributed by atoms with Crippen molar-refractivity contribution >= 4 is 5.97 Å². The summed E-state index contributed by atoms with van der Waals surface area (Å²) in [6.07, 6.45) is -2.69. The minimum Gasteiger partial charge on any atom is -0.497 e. The number of hydrogen-bond acceptors (Lipinski definition) is 4. The highest BCUT2D eigenvalue weighted by Gasteiger charge is 2.16. The summed E-state index contributed by atoms with van der Waals surface area (Å²) >= 11 is 0. The molecule has 0 radical (unpaired) electrons. The van der Waals surface area contributed by atoms with Crippen LogP contribution in [0.15, 0.2) is 18.2 Å². The molecule has 0 saturated carbocycles. The van der Waals surface area contributed by atoms with Crippen LogP contribution in [0, 0.1) is 0 Å². The van der Waals surface area contributed by atoms with Crippen LogP contribution in [0.25, 0.3) is 0 Å². The van der Waals surface area contributed by atoms with Crippen LogP contribution >= 0.6 is 0 Å². The van der Waals surface area contributed by atoms with E-state index in [2.05, 4.69) is 4.74 Å². The second-order valence-electron chi connectivity index (χ2n) is 3.06. The van der Waals surface area contributed by atoms with Crippen molar-refractivity contribution in [3.63, 3.8) is 0 Å². The number of benzene rings is 1. The summed E-state index contributed by atoms with van der Waals surface area (Å²) in [4.78, 5) is 11.5. The van der Waals surface area contributed by atoms with Crippen molar-refractivity contribution in [2.45, 2.75) is 6.43 Å². The van der Waals surface area contributed by atoms with Crippen molar-refractivity contribution in [2.75, 3.05) is 20.8 Å². The zero-order chi connectivity index (χ0) is 12.8. The fourth-order valence-electron chi connectivity index (χ4n) is 1.18. The summed E-state index contributed by atoms with van der Waals surface area (Å²) in [7, 11) is 2.82. The van der Waals surface area contributed by atoms with Crippen LogP contribution in [0.5, 0.6) is 11.5 Å². The molecule has 1 rings (SSSR count). The molecule has 17 heavy (non-hydrogen) atoms. The summed E-state index contributed by atoms with van der Waals surface area (Å²) in [5.74, 6) is -0.152. The summed E-state index contributed by atoms with van der Waals surface area (Å²) < 4.78 is 38.0. The molecule has 0 bridgehead atoms. The zero-order valence-electron chi connectivity index (χ0n) is 9.41. The largest absolute Gasteiger partial charge is 0.497 e. The summed E-state index contributed by atoms with van der Waals surface area (Å²) in [6.45, 7) is -0.936. The fourth-order valence-corrected chi connectivity index (χ4v) is 1.18. The Kier molecular flexibility index (Phi) is 4.68. The Labute approximate surface area is 97.1 Å². The Morgan fingerprint density at radius 1 is 1.29 bits per heavy atom. The molecule has 0 aliphatic heterocycles. The van der Waals surface area contributed by atoms with E-state index >= 15 is 0 Å². The first-order valence-corrected chi connectivity index (χ1v) is 4.75. The van der Waals surface area contributed by atoms with Gasteiger partial charge in [0.15, 0.2) is 6.61 Å². The van der Waals surface area contributed by atoms with Crippen molar-refractivity contribution in [3.8, 4) is 11.5 Å². The molecule has 0 amide bonds. The zero-order valence-corrected chi connectivity index (χ0v) is 9.41. The monoisotopic (exact) mass is 246 g/mol. The second-order valence-corrected chi connectivity index (χ2v) is 3.06. The van der Waals surface area contributed by atoms with Crippen molar-refractivity contribution in [3.05, 3.63) is 23.8 Å². The average Bonchev–Trinajstić information content (AvgIpc) is 2.34. The van der Waals surface area contributed by atoms with E-state index in [0.717, 1.165) is 0 Å². The topological polar surface area (TPSA) is 44.8 Å². The molecule has 0 heterocycles. The van der Waals surface area contributed by atoms with Crippen LogP contribution in [-0.4, -0.2) is 33.2 Å². The first kappa shape index (κ1) is 13.2. The van der Waals surface area contributed by atoms with Gasteiger partial charge in [-0.3, -0.25) is 0 Å². The van der Waals surface area contributed by atoms with Crippen molar-refractivity contribution in [1.29, 1.82) is 0 Å². The van der Waals surface area contributed by atoms with Crippen molar-refractivity contribution in [2.24, 2.45) is 0 Å². The van der Waals surface area contributed by atoms with Gasteiger partial charge in [-0.05, 0) is 12.1 Å². The van der Waals surface area contributed by atoms with E-state index in [-0.39, 0.29) is 11.3 Å². The maximum Gasteiger partial charge on any atom is 0.342 e. The summed E-state index contributed by atoms with van der Waals surface area (Å²) in [5, 5.41) is 0.